The van der Waals surface area contributed by atoms with Gasteiger partial charge in [0.25, 0.3) is 5.56 Å². The van der Waals surface area contributed by atoms with Crippen LogP contribution in [0.4, 0.5) is 5.69 Å². The molecule has 0 spiro atoms. The molecule has 172 valence electrons. The minimum Gasteiger partial charge on any atom is -0.331 e. The molecule has 1 amide bonds. The monoisotopic (exact) mass is 446 g/mol. The minimum atomic E-state index is -0.309. The van der Waals surface area contributed by atoms with Crippen LogP contribution in [0.1, 0.15) is 25.4 Å². The van der Waals surface area contributed by atoms with Crippen LogP contribution in [0, 0.1) is 6.92 Å². The van der Waals surface area contributed by atoms with E-state index < -0.39 is 0 Å². The first-order valence-corrected chi connectivity index (χ1v) is 11.3. The van der Waals surface area contributed by atoms with Gasteiger partial charge in [0.15, 0.2) is 0 Å². The van der Waals surface area contributed by atoms with Gasteiger partial charge in [-0.3, -0.25) is 9.59 Å². The Labute approximate surface area is 192 Å². The number of aromatic nitrogens is 4. The van der Waals surface area contributed by atoms with E-state index in [1.54, 1.807) is 6.07 Å². The lowest BCUT2D eigenvalue weighted by Gasteiger charge is -2.17. The Bertz CT molecular complexity index is 1370. The molecule has 33 heavy (non-hydrogen) atoms. The highest BCUT2D eigenvalue weighted by Gasteiger charge is 2.13. The number of likely N-dealkylation sites (N-methyl/N-ethyl adjacent to an activating group) is 1. The minimum absolute atomic E-state index is 0.153. The number of nitrogens with zero attached hydrogens (tertiary/aromatic N) is 5. The molecule has 0 saturated carbocycles. The molecule has 0 fully saturated rings. The van der Waals surface area contributed by atoms with E-state index in [4.69, 9.17) is 4.98 Å². The number of amides is 1. The first-order valence-electron chi connectivity index (χ1n) is 11.3. The quantitative estimate of drug-likeness (QED) is 0.450. The van der Waals surface area contributed by atoms with E-state index in [0.29, 0.717) is 16.8 Å². The number of carbonyl (C=O) groups is 1. The Morgan fingerprint density at radius 3 is 2.55 bits per heavy atom. The second kappa shape index (κ2) is 9.54. The van der Waals surface area contributed by atoms with Crippen LogP contribution in [0.5, 0.6) is 0 Å². The fourth-order valence-electron chi connectivity index (χ4n) is 4.20. The number of hydrogen-bond donors (Lipinski definition) is 1. The second-order valence-corrected chi connectivity index (χ2v) is 8.21. The van der Waals surface area contributed by atoms with Crippen LogP contribution < -0.4 is 10.9 Å². The van der Waals surface area contributed by atoms with Crippen LogP contribution in [0.3, 0.4) is 0 Å². The van der Waals surface area contributed by atoms with E-state index in [0.717, 1.165) is 48.3 Å². The van der Waals surface area contributed by atoms with Crippen LogP contribution >= 0.6 is 0 Å². The number of imidazole rings is 1. The van der Waals surface area contributed by atoms with Crippen LogP contribution in [0.2, 0.25) is 0 Å². The summed E-state index contributed by atoms with van der Waals surface area (Å²) < 4.78 is 3.32. The lowest BCUT2D eigenvalue weighted by atomic mass is 10.1. The smallest absolute Gasteiger partial charge is 0.275 e. The molecular formula is C25H30N6O2. The Hall–Kier alpha value is -3.52. The molecule has 0 aliphatic rings. The molecule has 4 rings (SSSR count). The summed E-state index contributed by atoms with van der Waals surface area (Å²) in [6.45, 7) is 9.01. The molecule has 0 radical (unpaired) electrons. The van der Waals surface area contributed by atoms with Crippen molar-refractivity contribution in [3.8, 4) is 0 Å². The van der Waals surface area contributed by atoms with Crippen molar-refractivity contribution in [3.63, 3.8) is 0 Å². The predicted octanol–water partition coefficient (Wildman–Crippen LogP) is 3.11. The average molecular weight is 447 g/mol. The van der Waals surface area contributed by atoms with Crippen LogP contribution in [-0.4, -0.2) is 49.8 Å². The zero-order valence-electron chi connectivity index (χ0n) is 19.6. The molecule has 0 aliphatic carbocycles. The largest absolute Gasteiger partial charge is 0.331 e. The number of rotatable bonds is 8. The van der Waals surface area contributed by atoms with Gasteiger partial charge in [-0.15, -0.1) is 0 Å². The Morgan fingerprint density at radius 2 is 1.82 bits per heavy atom. The summed E-state index contributed by atoms with van der Waals surface area (Å²) in [6.07, 6.45) is 0.866. The molecule has 8 heteroatoms. The highest BCUT2D eigenvalue weighted by atomic mass is 16.2. The molecular weight excluding hydrogens is 416 g/mol. The van der Waals surface area contributed by atoms with Gasteiger partial charge in [0.05, 0.1) is 22.1 Å². The van der Waals surface area contributed by atoms with Gasteiger partial charge in [0, 0.05) is 31.1 Å². The van der Waals surface area contributed by atoms with Gasteiger partial charge < -0.3 is 14.8 Å². The number of hydrogen-bond acceptors (Lipinski definition) is 5. The highest BCUT2D eigenvalue weighted by molar-refractivity contribution is 5.93. The predicted molar refractivity (Wildman–Crippen MR) is 132 cm³/mol. The van der Waals surface area contributed by atoms with E-state index in [2.05, 4.69) is 33.7 Å². The highest BCUT2D eigenvalue weighted by Crippen LogP contribution is 2.20. The van der Waals surface area contributed by atoms with Crippen LogP contribution in [0.25, 0.3) is 21.8 Å². The number of aryl methyl sites for hydroxylation is 2. The molecule has 2 aromatic heterocycles. The molecule has 0 unspecified atom stereocenters. The maximum Gasteiger partial charge on any atom is 0.275 e. The van der Waals surface area contributed by atoms with Gasteiger partial charge in [-0.05, 0) is 44.3 Å². The summed E-state index contributed by atoms with van der Waals surface area (Å²) in [5.41, 5.74) is 2.94. The first-order chi connectivity index (χ1) is 15.9. The molecule has 2 heterocycles. The third kappa shape index (κ3) is 4.66. The van der Waals surface area contributed by atoms with E-state index in [1.807, 2.05) is 50.4 Å². The van der Waals surface area contributed by atoms with E-state index >= 15 is 0 Å². The van der Waals surface area contributed by atoms with Gasteiger partial charge in [-0.25, -0.2) is 9.67 Å². The molecule has 0 atom stereocenters. The summed E-state index contributed by atoms with van der Waals surface area (Å²) in [6, 6.07) is 13.0. The summed E-state index contributed by atoms with van der Waals surface area (Å²) in [4.78, 5) is 32.6. The summed E-state index contributed by atoms with van der Waals surface area (Å²) in [5.74, 6) is 0.707. The van der Waals surface area contributed by atoms with Crippen molar-refractivity contribution in [2.24, 2.45) is 7.05 Å². The van der Waals surface area contributed by atoms with Crippen molar-refractivity contribution in [3.05, 3.63) is 64.3 Å². The zero-order chi connectivity index (χ0) is 23.5. The van der Waals surface area contributed by atoms with Gasteiger partial charge in [0.1, 0.15) is 12.4 Å². The lowest BCUT2D eigenvalue weighted by Crippen LogP contribution is -2.30. The summed E-state index contributed by atoms with van der Waals surface area (Å²) in [7, 11) is 2.02. The molecule has 0 aliphatic heterocycles. The van der Waals surface area contributed by atoms with Gasteiger partial charge in [-0.2, -0.15) is 5.10 Å². The fraction of sp³-hybridized carbons (Fsp3) is 0.360. The molecule has 0 bridgehead atoms. The van der Waals surface area contributed by atoms with E-state index in [9.17, 15) is 9.59 Å². The van der Waals surface area contributed by atoms with Crippen molar-refractivity contribution in [2.75, 3.05) is 25.0 Å². The lowest BCUT2D eigenvalue weighted by molar-refractivity contribution is -0.117. The molecule has 4 aromatic rings. The standard InChI is InChI=1S/C25H30N6O2/c1-5-30(6-2)14-13-23-27-21-15-18(11-12-22(21)29(23)4)26-24(32)16-31-25(33)20-10-8-7-9-19(20)17(3)28-31/h7-12,15H,5-6,13-14,16H2,1-4H3,(H,26,32). The van der Waals surface area contributed by atoms with Crippen molar-refractivity contribution in [1.82, 2.24) is 24.2 Å². The van der Waals surface area contributed by atoms with Crippen molar-refractivity contribution in [1.29, 1.82) is 0 Å². The number of carbonyl (C=O) groups excluding carboxylic acids is 1. The zero-order valence-corrected chi connectivity index (χ0v) is 19.6. The van der Waals surface area contributed by atoms with E-state index in [-0.39, 0.29) is 18.0 Å². The SMILES string of the molecule is CCN(CC)CCc1nc2cc(NC(=O)Cn3nc(C)c4ccccc4c3=O)ccc2n1C. The number of nitrogens with one attached hydrogen (secondary N) is 1. The Balaban J connectivity index is 1.51. The molecule has 2 aromatic carbocycles. The maximum absolute atomic E-state index is 12.7. The summed E-state index contributed by atoms with van der Waals surface area (Å²) in [5, 5.41) is 8.56. The first kappa shape index (κ1) is 22.7. The third-order valence-electron chi connectivity index (χ3n) is 6.15. The number of anilines is 1. The van der Waals surface area contributed by atoms with Crippen molar-refractivity contribution < 1.29 is 4.79 Å². The second-order valence-electron chi connectivity index (χ2n) is 8.21. The molecule has 0 saturated heterocycles. The van der Waals surface area contributed by atoms with Crippen molar-refractivity contribution >= 4 is 33.4 Å². The fourth-order valence-corrected chi connectivity index (χ4v) is 4.20. The Morgan fingerprint density at radius 1 is 1.09 bits per heavy atom. The van der Waals surface area contributed by atoms with Gasteiger partial charge >= 0.3 is 0 Å². The Kier molecular flexibility index (Phi) is 6.55. The topological polar surface area (TPSA) is 85.1 Å². The van der Waals surface area contributed by atoms with Gasteiger partial charge in [-0.1, -0.05) is 32.0 Å². The molecule has 1 N–H and O–H groups in total. The number of benzene rings is 2. The third-order valence-corrected chi connectivity index (χ3v) is 6.15. The average Bonchev–Trinajstić information content (AvgIpc) is 3.12. The van der Waals surface area contributed by atoms with E-state index in [1.165, 1.54) is 4.68 Å². The summed E-state index contributed by atoms with van der Waals surface area (Å²) >= 11 is 0. The van der Waals surface area contributed by atoms with Gasteiger partial charge in [0.2, 0.25) is 5.91 Å². The normalized spacial score (nSPS) is 11.5. The van der Waals surface area contributed by atoms with Crippen LogP contribution in [-0.2, 0) is 24.8 Å². The maximum atomic E-state index is 12.7. The van der Waals surface area contributed by atoms with Crippen molar-refractivity contribution in [2.45, 2.75) is 33.7 Å². The number of fused-ring (bicyclic) bond motifs is 2. The molecule has 8 nitrogen and oxygen atoms in total. The van der Waals surface area contributed by atoms with Crippen LogP contribution in [0.15, 0.2) is 47.3 Å².